The average Bonchev–Trinajstić information content (AvgIpc) is 2.38. The molecule has 1 nitrogen and oxygen atoms in total. The normalized spacial score (nSPS) is 11.4. The molecular formula is C15H25OP. The van der Waals surface area contributed by atoms with Crippen LogP contribution < -0.4 is 0 Å². The summed E-state index contributed by atoms with van der Waals surface area (Å²) >= 11 is 0. The number of rotatable bonds is 10. The zero-order chi connectivity index (χ0) is 12.2. The molecule has 0 aliphatic carbocycles. The Kier molecular flexibility index (Phi) is 9.27. The van der Waals surface area contributed by atoms with Crippen molar-refractivity contribution in [2.75, 3.05) is 13.3 Å². The van der Waals surface area contributed by atoms with Crippen LogP contribution in [-0.2, 0) is 10.9 Å². The Morgan fingerprint density at radius 2 is 1.53 bits per heavy atom. The van der Waals surface area contributed by atoms with Gasteiger partial charge in [-0.1, -0.05) is 56.0 Å². The largest absolute Gasteiger partial charge is 0.366 e. The highest BCUT2D eigenvalue weighted by Crippen LogP contribution is 2.14. The van der Waals surface area contributed by atoms with E-state index in [0.717, 1.165) is 0 Å². The van der Waals surface area contributed by atoms with Crippen molar-refractivity contribution in [1.29, 1.82) is 0 Å². The van der Waals surface area contributed by atoms with Crippen LogP contribution in [0.15, 0.2) is 30.3 Å². The van der Waals surface area contributed by atoms with Crippen molar-refractivity contribution in [2.24, 2.45) is 0 Å². The molecule has 2 heteroatoms. The van der Waals surface area contributed by atoms with Gasteiger partial charge in [-0.3, -0.25) is 0 Å². The molecule has 1 aromatic carbocycles. The third kappa shape index (κ3) is 8.35. The highest BCUT2D eigenvalue weighted by Gasteiger charge is 1.93. The summed E-state index contributed by atoms with van der Waals surface area (Å²) in [4.78, 5) is 0. The number of hydrogen-bond acceptors (Lipinski definition) is 1. The first-order valence-corrected chi connectivity index (χ1v) is 7.85. The summed E-state index contributed by atoms with van der Waals surface area (Å²) in [5.41, 5.74) is 1.48. The van der Waals surface area contributed by atoms with E-state index >= 15 is 0 Å². The van der Waals surface area contributed by atoms with Gasteiger partial charge in [-0.2, -0.15) is 0 Å². The lowest BCUT2D eigenvalue weighted by molar-refractivity contribution is 0.473. The van der Waals surface area contributed by atoms with E-state index in [1.165, 1.54) is 56.7 Å². The molecule has 1 rings (SSSR count). The Bertz CT molecular complexity index is 261. The Morgan fingerprint density at radius 1 is 0.882 bits per heavy atom. The van der Waals surface area contributed by atoms with Gasteiger partial charge in [0.1, 0.15) is 0 Å². The van der Waals surface area contributed by atoms with Crippen LogP contribution in [0.2, 0.25) is 0 Å². The minimum absolute atomic E-state index is 0.708. The quantitative estimate of drug-likeness (QED) is 0.429. The third-order valence-corrected chi connectivity index (χ3v) is 3.83. The first-order valence-electron chi connectivity index (χ1n) is 6.73. The van der Waals surface area contributed by atoms with Gasteiger partial charge in [0.15, 0.2) is 0 Å². The molecule has 1 atom stereocenters. The molecule has 0 aliphatic rings. The summed E-state index contributed by atoms with van der Waals surface area (Å²) in [6.07, 6.45) is 10.7. The van der Waals surface area contributed by atoms with Crippen molar-refractivity contribution < 1.29 is 4.52 Å². The first kappa shape index (κ1) is 14.7. The van der Waals surface area contributed by atoms with E-state index in [9.17, 15) is 0 Å². The summed E-state index contributed by atoms with van der Waals surface area (Å²) in [6, 6.07) is 10.8. The number of hydrogen-bond donors (Lipinski definition) is 0. The maximum absolute atomic E-state index is 5.06. The summed E-state index contributed by atoms with van der Waals surface area (Å²) in [5, 5.41) is 0. The lowest BCUT2D eigenvalue weighted by Gasteiger charge is -2.02. The molecule has 0 aliphatic heterocycles. The maximum atomic E-state index is 5.06. The molecule has 1 aromatic rings. The van der Waals surface area contributed by atoms with Crippen LogP contribution in [0.3, 0.4) is 0 Å². The van der Waals surface area contributed by atoms with Crippen LogP contribution in [-0.4, -0.2) is 13.3 Å². The van der Waals surface area contributed by atoms with Gasteiger partial charge < -0.3 is 4.52 Å². The fourth-order valence-corrected chi connectivity index (χ4v) is 2.58. The van der Waals surface area contributed by atoms with Crippen LogP contribution in [0, 0.1) is 0 Å². The molecule has 96 valence electrons. The van der Waals surface area contributed by atoms with Crippen LogP contribution in [0.1, 0.15) is 44.1 Å². The molecule has 0 N–H and O–H groups in total. The Hall–Kier alpha value is -0.390. The lowest BCUT2D eigenvalue weighted by atomic mass is 10.1. The fraction of sp³-hybridized carbons (Fsp3) is 0.600. The van der Waals surface area contributed by atoms with Crippen molar-refractivity contribution >= 4 is 8.81 Å². The second-order valence-electron chi connectivity index (χ2n) is 4.46. The van der Waals surface area contributed by atoms with Crippen molar-refractivity contribution in [3.05, 3.63) is 35.9 Å². The molecule has 17 heavy (non-hydrogen) atoms. The average molecular weight is 252 g/mol. The van der Waals surface area contributed by atoms with E-state index in [0.29, 0.717) is 8.81 Å². The van der Waals surface area contributed by atoms with Gasteiger partial charge in [-0.15, -0.1) is 0 Å². The molecule has 0 spiro atoms. The maximum Gasteiger partial charge on any atom is 0.0394 e. The van der Waals surface area contributed by atoms with Gasteiger partial charge in [-0.05, 0) is 31.0 Å². The summed E-state index contributed by atoms with van der Waals surface area (Å²) in [5.74, 6) is 0. The highest BCUT2D eigenvalue weighted by molar-refractivity contribution is 7.32. The fourth-order valence-electron chi connectivity index (χ4n) is 1.98. The zero-order valence-corrected chi connectivity index (χ0v) is 12.0. The predicted octanol–water partition coefficient (Wildman–Crippen LogP) is 4.81. The van der Waals surface area contributed by atoms with E-state index in [-0.39, 0.29) is 0 Å². The lowest BCUT2D eigenvalue weighted by Crippen LogP contribution is -1.86. The van der Waals surface area contributed by atoms with Crippen LogP contribution in [0.4, 0.5) is 0 Å². The second-order valence-corrected chi connectivity index (χ2v) is 5.65. The van der Waals surface area contributed by atoms with Crippen LogP contribution in [0.5, 0.6) is 0 Å². The molecule has 0 heterocycles. The molecule has 0 radical (unpaired) electrons. The highest BCUT2D eigenvalue weighted by atomic mass is 31.1. The SMILES string of the molecule is COPCCCCCCCCc1ccccc1. The van der Waals surface area contributed by atoms with E-state index in [2.05, 4.69) is 30.3 Å². The van der Waals surface area contributed by atoms with Crippen LogP contribution >= 0.6 is 8.81 Å². The minimum atomic E-state index is 0.708. The van der Waals surface area contributed by atoms with Gasteiger partial charge in [0.25, 0.3) is 0 Å². The molecule has 0 aromatic heterocycles. The number of aryl methyl sites for hydroxylation is 1. The monoisotopic (exact) mass is 252 g/mol. The zero-order valence-electron chi connectivity index (χ0n) is 11.0. The Labute approximate surface area is 108 Å². The van der Waals surface area contributed by atoms with E-state index in [4.69, 9.17) is 4.52 Å². The molecule has 0 bridgehead atoms. The molecule has 0 fully saturated rings. The van der Waals surface area contributed by atoms with E-state index < -0.39 is 0 Å². The second kappa shape index (κ2) is 10.7. The minimum Gasteiger partial charge on any atom is -0.366 e. The first-order chi connectivity index (χ1) is 8.43. The van der Waals surface area contributed by atoms with Crippen molar-refractivity contribution in [1.82, 2.24) is 0 Å². The van der Waals surface area contributed by atoms with Crippen molar-refractivity contribution in [3.8, 4) is 0 Å². The smallest absolute Gasteiger partial charge is 0.0394 e. The number of unbranched alkanes of at least 4 members (excludes halogenated alkanes) is 5. The number of benzene rings is 1. The van der Waals surface area contributed by atoms with Gasteiger partial charge in [0.05, 0.1) is 0 Å². The summed E-state index contributed by atoms with van der Waals surface area (Å²) in [7, 11) is 2.50. The van der Waals surface area contributed by atoms with E-state index in [1.807, 2.05) is 0 Å². The predicted molar refractivity (Wildman–Crippen MR) is 78.0 cm³/mol. The molecule has 0 saturated heterocycles. The molecule has 0 saturated carbocycles. The molecular weight excluding hydrogens is 227 g/mol. The summed E-state index contributed by atoms with van der Waals surface area (Å²) < 4.78 is 5.06. The van der Waals surface area contributed by atoms with Gasteiger partial charge in [0.2, 0.25) is 0 Å². The third-order valence-electron chi connectivity index (χ3n) is 2.98. The Morgan fingerprint density at radius 3 is 2.24 bits per heavy atom. The summed E-state index contributed by atoms with van der Waals surface area (Å²) in [6.45, 7) is 0. The Balaban J connectivity index is 1.85. The standard InChI is InChI=1S/C15H25OP/c1-16-17-14-10-5-3-2-4-7-11-15-12-8-6-9-13-15/h6,8-9,12-13,17H,2-5,7,10-11,14H2,1H3. The van der Waals surface area contributed by atoms with Gasteiger partial charge in [-0.25, -0.2) is 0 Å². The van der Waals surface area contributed by atoms with Gasteiger partial charge in [0, 0.05) is 15.9 Å². The van der Waals surface area contributed by atoms with Crippen molar-refractivity contribution in [2.45, 2.75) is 44.9 Å². The van der Waals surface area contributed by atoms with Crippen molar-refractivity contribution in [3.63, 3.8) is 0 Å². The van der Waals surface area contributed by atoms with E-state index in [1.54, 1.807) is 7.11 Å². The van der Waals surface area contributed by atoms with Gasteiger partial charge >= 0.3 is 0 Å². The molecule has 1 unspecified atom stereocenters. The topological polar surface area (TPSA) is 9.23 Å². The molecule has 0 amide bonds. The van der Waals surface area contributed by atoms with Crippen LogP contribution in [0.25, 0.3) is 0 Å².